The first-order chi connectivity index (χ1) is 10.7. The van der Waals surface area contributed by atoms with Gasteiger partial charge in [-0.25, -0.2) is 4.39 Å². The van der Waals surface area contributed by atoms with E-state index in [0.717, 1.165) is 10.8 Å². The summed E-state index contributed by atoms with van der Waals surface area (Å²) in [6.45, 7) is -0.268. The average Bonchev–Trinajstić information content (AvgIpc) is 3.21. The van der Waals surface area contributed by atoms with E-state index >= 15 is 0 Å². The first-order valence-corrected chi connectivity index (χ1v) is 8.26. The molecule has 4 nitrogen and oxygen atoms in total. The molecule has 3 rings (SSSR count). The number of amides is 1. The molecule has 0 atom stereocenters. The number of anilines is 1. The summed E-state index contributed by atoms with van der Waals surface area (Å²) in [6.07, 6.45) is 4.58. The zero-order chi connectivity index (χ0) is 15.4. The molecule has 1 fully saturated rings. The van der Waals surface area contributed by atoms with Crippen LogP contribution in [0.1, 0.15) is 18.4 Å². The third-order valence-corrected chi connectivity index (χ3v) is 4.69. The van der Waals surface area contributed by atoms with E-state index in [1.165, 1.54) is 22.4 Å². The van der Waals surface area contributed by atoms with Crippen LogP contribution in [0, 0.1) is 0 Å². The number of hydrogen-bond donors (Lipinski definition) is 1. The summed E-state index contributed by atoms with van der Waals surface area (Å²) < 4.78 is 13.7. The van der Waals surface area contributed by atoms with Gasteiger partial charge < -0.3 is 5.32 Å². The van der Waals surface area contributed by atoms with Crippen molar-refractivity contribution in [3.63, 3.8) is 0 Å². The van der Waals surface area contributed by atoms with Crippen molar-refractivity contribution in [1.82, 2.24) is 9.78 Å². The summed E-state index contributed by atoms with van der Waals surface area (Å²) in [5.41, 5.74) is 0.973. The minimum atomic E-state index is -0.472. The predicted octanol–water partition coefficient (Wildman–Crippen LogP) is 3.29. The maximum absolute atomic E-state index is 12.2. The lowest BCUT2D eigenvalue weighted by molar-refractivity contribution is -0.115. The van der Waals surface area contributed by atoms with Gasteiger partial charge in [0, 0.05) is 22.4 Å². The quantitative estimate of drug-likeness (QED) is 0.852. The highest BCUT2D eigenvalue weighted by Gasteiger charge is 2.22. The standard InChI is InChI=1S/C16H18FN3OS/c17-8-10-20-9-7-15(19-20)18-16(21)11-12-1-3-13(4-2-12)22-14-5-6-14/h1-4,7,9,14H,5-6,8,10-11H2,(H,18,19,21). The summed E-state index contributed by atoms with van der Waals surface area (Å²) in [6, 6.07) is 9.80. The summed E-state index contributed by atoms with van der Waals surface area (Å²) in [5, 5.41) is 7.59. The maximum atomic E-state index is 12.2. The molecule has 0 spiro atoms. The molecule has 2 aromatic rings. The Bertz CT molecular complexity index is 637. The van der Waals surface area contributed by atoms with E-state index in [9.17, 15) is 9.18 Å². The molecule has 0 unspecified atom stereocenters. The predicted molar refractivity (Wildman–Crippen MR) is 85.9 cm³/mol. The van der Waals surface area contributed by atoms with Gasteiger partial charge in [-0.1, -0.05) is 12.1 Å². The molecule has 1 aromatic carbocycles. The number of nitrogens with zero attached hydrogens (tertiary/aromatic N) is 2. The smallest absolute Gasteiger partial charge is 0.229 e. The monoisotopic (exact) mass is 319 g/mol. The fourth-order valence-corrected chi connectivity index (χ4v) is 3.13. The Balaban J connectivity index is 1.51. The normalized spacial score (nSPS) is 14.0. The molecule has 1 aliphatic rings. The van der Waals surface area contributed by atoms with Crippen LogP contribution >= 0.6 is 11.8 Å². The van der Waals surface area contributed by atoms with Crippen LogP contribution in [0.25, 0.3) is 0 Å². The van der Waals surface area contributed by atoms with Crippen molar-refractivity contribution in [2.24, 2.45) is 0 Å². The number of carbonyl (C=O) groups excluding carboxylic acids is 1. The van der Waals surface area contributed by atoms with Crippen molar-refractivity contribution < 1.29 is 9.18 Å². The average molecular weight is 319 g/mol. The fourth-order valence-electron chi connectivity index (χ4n) is 2.08. The second-order valence-corrected chi connectivity index (χ2v) is 6.71. The van der Waals surface area contributed by atoms with E-state index in [4.69, 9.17) is 0 Å². The Morgan fingerprint density at radius 3 is 2.77 bits per heavy atom. The van der Waals surface area contributed by atoms with Crippen LogP contribution in [-0.2, 0) is 17.8 Å². The Morgan fingerprint density at radius 2 is 2.09 bits per heavy atom. The number of alkyl halides is 1. The molecular weight excluding hydrogens is 301 g/mol. The molecule has 1 amide bonds. The highest BCUT2D eigenvalue weighted by molar-refractivity contribution is 8.00. The van der Waals surface area contributed by atoms with Gasteiger partial charge in [0.15, 0.2) is 5.82 Å². The molecule has 0 saturated heterocycles. The minimum absolute atomic E-state index is 0.118. The van der Waals surface area contributed by atoms with Crippen LogP contribution in [0.15, 0.2) is 41.4 Å². The molecule has 22 heavy (non-hydrogen) atoms. The largest absolute Gasteiger partial charge is 0.309 e. The van der Waals surface area contributed by atoms with Gasteiger partial charge >= 0.3 is 0 Å². The number of halogens is 1. The molecule has 116 valence electrons. The second kappa shape index (κ2) is 6.96. The summed E-state index contributed by atoms with van der Waals surface area (Å²) in [4.78, 5) is 13.2. The van der Waals surface area contributed by atoms with E-state index in [1.54, 1.807) is 12.3 Å². The number of carbonyl (C=O) groups is 1. The number of thioether (sulfide) groups is 1. The van der Waals surface area contributed by atoms with Crippen molar-refractivity contribution in [2.75, 3.05) is 12.0 Å². The lowest BCUT2D eigenvalue weighted by Crippen LogP contribution is -2.15. The van der Waals surface area contributed by atoms with Crippen LogP contribution in [0.4, 0.5) is 10.2 Å². The maximum Gasteiger partial charge on any atom is 0.229 e. The SMILES string of the molecule is O=C(Cc1ccc(SC2CC2)cc1)Nc1ccn(CCF)n1. The molecule has 0 aliphatic heterocycles. The van der Waals surface area contributed by atoms with Crippen LogP contribution in [0.3, 0.4) is 0 Å². The Kier molecular flexibility index (Phi) is 4.77. The molecular formula is C16H18FN3OS. The highest BCUT2D eigenvalue weighted by atomic mass is 32.2. The molecule has 1 saturated carbocycles. The van der Waals surface area contributed by atoms with Gasteiger partial charge in [0.05, 0.1) is 13.0 Å². The van der Waals surface area contributed by atoms with Crippen LogP contribution in [-0.4, -0.2) is 27.6 Å². The van der Waals surface area contributed by atoms with Gasteiger partial charge in [0.1, 0.15) is 6.67 Å². The molecule has 0 bridgehead atoms. The summed E-state index contributed by atoms with van der Waals surface area (Å²) in [5.74, 6) is 0.340. The van der Waals surface area contributed by atoms with Gasteiger partial charge in [0.25, 0.3) is 0 Å². The van der Waals surface area contributed by atoms with Crippen molar-refractivity contribution in [1.29, 1.82) is 0 Å². The van der Waals surface area contributed by atoms with Gasteiger partial charge in [-0.05, 0) is 30.5 Å². The van der Waals surface area contributed by atoms with Crippen molar-refractivity contribution >= 4 is 23.5 Å². The lowest BCUT2D eigenvalue weighted by atomic mass is 10.1. The van der Waals surface area contributed by atoms with Crippen LogP contribution < -0.4 is 5.32 Å². The van der Waals surface area contributed by atoms with E-state index < -0.39 is 6.67 Å². The number of aromatic nitrogens is 2. The third kappa shape index (κ3) is 4.34. The molecule has 1 N–H and O–H groups in total. The van der Waals surface area contributed by atoms with Crippen molar-refractivity contribution in [3.05, 3.63) is 42.1 Å². The zero-order valence-corrected chi connectivity index (χ0v) is 13.0. The van der Waals surface area contributed by atoms with E-state index in [1.807, 2.05) is 23.9 Å². The van der Waals surface area contributed by atoms with Gasteiger partial charge in [-0.2, -0.15) is 5.10 Å². The number of nitrogens with one attached hydrogen (secondary N) is 1. The van der Waals surface area contributed by atoms with Gasteiger partial charge in [-0.3, -0.25) is 9.48 Å². The molecule has 1 aromatic heterocycles. The fraction of sp³-hybridized carbons (Fsp3) is 0.375. The van der Waals surface area contributed by atoms with Crippen LogP contribution in [0.5, 0.6) is 0 Å². The van der Waals surface area contributed by atoms with Crippen molar-refractivity contribution in [2.45, 2.75) is 36.0 Å². The number of benzene rings is 1. The first-order valence-electron chi connectivity index (χ1n) is 7.38. The third-order valence-electron chi connectivity index (χ3n) is 3.34. The van der Waals surface area contributed by atoms with Gasteiger partial charge in [-0.15, -0.1) is 11.8 Å². The molecule has 1 heterocycles. The Labute approximate surface area is 133 Å². The summed E-state index contributed by atoms with van der Waals surface area (Å²) >= 11 is 1.90. The highest BCUT2D eigenvalue weighted by Crippen LogP contribution is 2.38. The van der Waals surface area contributed by atoms with Crippen LogP contribution in [0.2, 0.25) is 0 Å². The topological polar surface area (TPSA) is 46.9 Å². The van der Waals surface area contributed by atoms with E-state index in [2.05, 4.69) is 22.5 Å². The molecule has 0 radical (unpaired) electrons. The summed E-state index contributed by atoms with van der Waals surface area (Å²) in [7, 11) is 0. The van der Waals surface area contributed by atoms with E-state index in [-0.39, 0.29) is 12.5 Å². The second-order valence-electron chi connectivity index (χ2n) is 5.34. The Morgan fingerprint density at radius 1 is 1.32 bits per heavy atom. The Hall–Kier alpha value is -1.82. The number of aryl methyl sites for hydroxylation is 1. The molecule has 6 heteroatoms. The van der Waals surface area contributed by atoms with E-state index in [0.29, 0.717) is 12.2 Å². The first kappa shape index (κ1) is 15.1. The molecule has 1 aliphatic carbocycles. The van der Waals surface area contributed by atoms with Gasteiger partial charge in [0.2, 0.25) is 5.91 Å². The zero-order valence-electron chi connectivity index (χ0n) is 12.2. The number of rotatable bonds is 7. The lowest BCUT2D eigenvalue weighted by Gasteiger charge is -2.04. The minimum Gasteiger partial charge on any atom is -0.309 e. The number of hydrogen-bond acceptors (Lipinski definition) is 3. The van der Waals surface area contributed by atoms with Crippen molar-refractivity contribution in [3.8, 4) is 0 Å².